The molecule has 1 fully saturated rings. The van der Waals surface area contributed by atoms with Gasteiger partial charge in [-0.15, -0.1) is 13.2 Å². The summed E-state index contributed by atoms with van der Waals surface area (Å²) in [6.45, 7) is 6.90. The van der Waals surface area contributed by atoms with Crippen LogP contribution in [-0.2, 0) is 4.74 Å². The average Bonchev–Trinajstić information content (AvgIpc) is 3.55. The standard InChI is InChI=1S/C29H30F4N4O4/c1-28(2,3)41-27(39)37-13-10-19(16-37)23-14-21-24(22(30)15-34-25(21)35-23)17-8-11-36(12-9-17)26(38)18-4-6-20(7-5-18)40-29(31,32)33/h4-7,10,14-15,17H,8-9,11-13,16H2,1-3H3,(H,34,35). The number of piperidine rings is 1. The van der Waals surface area contributed by atoms with Crippen molar-refractivity contribution in [2.75, 3.05) is 26.2 Å². The first-order valence-corrected chi connectivity index (χ1v) is 13.3. The summed E-state index contributed by atoms with van der Waals surface area (Å²) in [7, 11) is 0. The van der Waals surface area contributed by atoms with Gasteiger partial charge in [-0.3, -0.25) is 4.79 Å². The summed E-state index contributed by atoms with van der Waals surface area (Å²) in [6, 6.07) is 6.65. The number of benzene rings is 1. The fraction of sp³-hybridized carbons (Fsp3) is 0.414. The van der Waals surface area contributed by atoms with Crippen molar-refractivity contribution in [3.63, 3.8) is 0 Å². The zero-order valence-corrected chi connectivity index (χ0v) is 22.8. The number of ether oxygens (including phenoxy) is 2. The smallest absolute Gasteiger partial charge is 0.444 e. The van der Waals surface area contributed by atoms with E-state index in [2.05, 4.69) is 14.7 Å². The van der Waals surface area contributed by atoms with Crippen LogP contribution in [-0.4, -0.2) is 69.9 Å². The van der Waals surface area contributed by atoms with E-state index < -0.39 is 29.6 Å². The highest BCUT2D eigenvalue weighted by Crippen LogP contribution is 2.36. The Labute approximate surface area is 233 Å². The molecule has 2 amide bonds. The summed E-state index contributed by atoms with van der Waals surface area (Å²) in [4.78, 5) is 36.1. The van der Waals surface area contributed by atoms with Crippen molar-refractivity contribution in [1.82, 2.24) is 19.8 Å². The lowest BCUT2D eigenvalue weighted by molar-refractivity contribution is -0.274. The van der Waals surface area contributed by atoms with Crippen molar-refractivity contribution in [1.29, 1.82) is 0 Å². The highest BCUT2D eigenvalue weighted by atomic mass is 19.4. The van der Waals surface area contributed by atoms with Crippen molar-refractivity contribution < 1.29 is 36.6 Å². The molecule has 2 aromatic heterocycles. The molecule has 2 aliphatic heterocycles. The number of halogens is 4. The maximum atomic E-state index is 15.2. The number of hydrogen-bond acceptors (Lipinski definition) is 5. The molecule has 1 saturated heterocycles. The molecule has 3 aromatic rings. The van der Waals surface area contributed by atoms with Gasteiger partial charge in [-0.2, -0.15) is 0 Å². The molecule has 12 heteroatoms. The van der Waals surface area contributed by atoms with Gasteiger partial charge in [0, 0.05) is 41.8 Å². The van der Waals surface area contributed by atoms with E-state index in [1.165, 1.54) is 18.3 Å². The highest BCUT2D eigenvalue weighted by molar-refractivity contribution is 5.94. The van der Waals surface area contributed by atoms with Crippen molar-refractivity contribution in [3.05, 3.63) is 65.2 Å². The minimum absolute atomic E-state index is 0.161. The van der Waals surface area contributed by atoms with Crippen LogP contribution in [0.2, 0.25) is 0 Å². The molecule has 0 unspecified atom stereocenters. The lowest BCUT2D eigenvalue weighted by Crippen LogP contribution is -2.38. The van der Waals surface area contributed by atoms with E-state index in [4.69, 9.17) is 4.74 Å². The molecule has 0 spiro atoms. The fourth-order valence-electron chi connectivity index (χ4n) is 5.23. The average molecular weight is 575 g/mol. The predicted octanol–water partition coefficient (Wildman–Crippen LogP) is 6.25. The Bertz CT molecular complexity index is 1480. The minimum atomic E-state index is -4.81. The molecule has 1 aromatic carbocycles. The summed E-state index contributed by atoms with van der Waals surface area (Å²) in [6.07, 6.45) is -1.08. The van der Waals surface area contributed by atoms with Crippen LogP contribution >= 0.6 is 0 Å². The van der Waals surface area contributed by atoms with Crippen LogP contribution in [0.25, 0.3) is 16.6 Å². The Hall–Kier alpha value is -4.09. The van der Waals surface area contributed by atoms with Gasteiger partial charge < -0.3 is 24.3 Å². The normalized spacial score (nSPS) is 16.7. The number of amides is 2. The molecular weight excluding hydrogens is 544 g/mol. The number of carbonyl (C=O) groups excluding carboxylic acids is 2. The van der Waals surface area contributed by atoms with Gasteiger partial charge in [0.1, 0.15) is 22.8 Å². The molecule has 0 saturated carbocycles. The SMILES string of the molecule is CC(C)(C)OC(=O)N1CC=C(c2cc3c(C4CCN(C(=O)c5ccc(OC(F)(F)F)cc5)CC4)c(F)cnc3[nH]2)C1. The topological polar surface area (TPSA) is 87.8 Å². The van der Waals surface area contributed by atoms with E-state index in [0.717, 1.165) is 23.4 Å². The number of hydrogen-bond donors (Lipinski definition) is 1. The molecule has 0 aliphatic carbocycles. The summed E-state index contributed by atoms with van der Waals surface area (Å²) in [5.41, 5.74) is 2.33. The molecule has 218 valence electrons. The van der Waals surface area contributed by atoms with E-state index in [1.807, 2.05) is 32.9 Å². The maximum absolute atomic E-state index is 15.2. The van der Waals surface area contributed by atoms with Gasteiger partial charge in [0.25, 0.3) is 5.91 Å². The Kier molecular flexibility index (Phi) is 7.43. The Morgan fingerprint density at radius 1 is 1.05 bits per heavy atom. The number of aromatic amines is 1. The largest absolute Gasteiger partial charge is 0.573 e. The molecule has 8 nitrogen and oxygen atoms in total. The number of H-pyrrole nitrogens is 1. The van der Waals surface area contributed by atoms with Crippen LogP contribution < -0.4 is 4.74 Å². The van der Waals surface area contributed by atoms with Gasteiger partial charge in [-0.05, 0) is 75.4 Å². The van der Waals surface area contributed by atoms with Crippen LogP contribution in [0.15, 0.2) is 42.6 Å². The van der Waals surface area contributed by atoms with Crippen molar-refractivity contribution in [2.45, 2.75) is 51.5 Å². The number of pyridine rings is 1. The molecule has 2 aliphatic rings. The summed E-state index contributed by atoms with van der Waals surface area (Å²) in [5.74, 6) is -1.30. The Morgan fingerprint density at radius 2 is 1.73 bits per heavy atom. The summed E-state index contributed by atoms with van der Waals surface area (Å²) < 4.78 is 61.7. The number of fused-ring (bicyclic) bond motifs is 1. The van der Waals surface area contributed by atoms with E-state index in [-0.39, 0.29) is 17.4 Å². The van der Waals surface area contributed by atoms with Crippen LogP contribution in [0.4, 0.5) is 22.4 Å². The van der Waals surface area contributed by atoms with E-state index in [0.29, 0.717) is 55.6 Å². The molecule has 5 rings (SSSR count). The van der Waals surface area contributed by atoms with Crippen LogP contribution in [0.3, 0.4) is 0 Å². The molecule has 0 radical (unpaired) electrons. The summed E-state index contributed by atoms with van der Waals surface area (Å²) in [5, 5.41) is 0.654. The van der Waals surface area contributed by atoms with Crippen molar-refractivity contribution in [2.24, 2.45) is 0 Å². The van der Waals surface area contributed by atoms with Gasteiger partial charge in [0.15, 0.2) is 0 Å². The molecule has 1 N–H and O–H groups in total. The van der Waals surface area contributed by atoms with Gasteiger partial charge in [-0.1, -0.05) is 6.08 Å². The second-order valence-electron chi connectivity index (χ2n) is 11.2. The second-order valence-corrected chi connectivity index (χ2v) is 11.2. The Balaban J connectivity index is 1.26. The predicted molar refractivity (Wildman–Crippen MR) is 143 cm³/mol. The number of nitrogens with zero attached hydrogens (tertiary/aromatic N) is 3. The Morgan fingerprint density at radius 3 is 2.37 bits per heavy atom. The van der Waals surface area contributed by atoms with Crippen LogP contribution in [0.1, 0.15) is 61.1 Å². The monoisotopic (exact) mass is 574 g/mol. The quantitative estimate of drug-likeness (QED) is 0.372. The number of aromatic nitrogens is 2. The maximum Gasteiger partial charge on any atom is 0.573 e. The van der Waals surface area contributed by atoms with Crippen molar-refractivity contribution >= 4 is 28.6 Å². The van der Waals surface area contributed by atoms with E-state index in [9.17, 15) is 22.8 Å². The molecular formula is C29H30F4N4O4. The van der Waals surface area contributed by atoms with Gasteiger partial charge in [-0.25, -0.2) is 14.2 Å². The number of nitrogens with one attached hydrogen (secondary N) is 1. The first-order chi connectivity index (χ1) is 19.3. The first kappa shape index (κ1) is 28.4. The number of likely N-dealkylation sites (tertiary alicyclic amines) is 1. The number of rotatable bonds is 4. The van der Waals surface area contributed by atoms with Crippen LogP contribution in [0.5, 0.6) is 5.75 Å². The third kappa shape index (κ3) is 6.47. The number of carbonyl (C=O) groups is 2. The van der Waals surface area contributed by atoms with Crippen LogP contribution in [0, 0.1) is 5.82 Å². The second kappa shape index (κ2) is 10.7. The van der Waals surface area contributed by atoms with Crippen molar-refractivity contribution in [3.8, 4) is 5.75 Å². The van der Waals surface area contributed by atoms with Gasteiger partial charge in [0.05, 0.1) is 12.7 Å². The first-order valence-electron chi connectivity index (χ1n) is 13.3. The zero-order valence-electron chi connectivity index (χ0n) is 22.8. The molecule has 41 heavy (non-hydrogen) atoms. The fourth-order valence-corrected chi connectivity index (χ4v) is 5.23. The van der Waals surface area contributed by atoms with E-state index >= 15 is 4.39 Å². The lowest BCUT2D eigenvalue weighted by Gasteiger charge is -2.32. The third-order valence-electron chi connectivity index (χ3n) is 7.09. The van der Waals surface area contributed by atoms with Gasteiger partial charge in [0.2, 0.25) is 0 Å². The van der Waals surface area contributed by atoms with E-state index in [1.54, 1.807) is 9.80 Å². The zero-order chi connectivity index (χ0) is 29.5. The minimum Gasteiger partial charge on any atom is -0.444 e. The molecule has 0 atom stereocenters. The third-order valence-corrected chi connectivity index (χ3v) is 7.09. The lowest BCUT2D eigenvalue weighted by atomic mass is 9.87. The summed E-state index contributed by atoms with van der Waals surface area (Å²) >= 11 is 0. The molecule has 4 heterocycles. The number of alkyl halides is 3. The highest BCUT2D eigenvalue weighted by Gasteiger charge is 2.32. The molecule has 0 bridgehead atoms. The van der Waals surface area contributed by atoms with Gasteiger partial charge >= 0.3 is 12.5 Å².